The number of aromatic nitrogens is 2. The molecule has 0 aliphatic carbocycles. The van der Waals surface area contributed by atoms with E-state index in [4.69, 9.17) is 5.73 Å². The average molecular weight is 222 g/mol. The van der Waals surface area contributed by atoms with E-state index in [0.29, 0.717) is 5.69 Å². The summed E-state index contributed by atoms with van der Waals surface area (Å²) in [7, 11) is 1.83. The summed E-state index contributed by atoms with van der Waals surface area (Å²) in [5.41, 5.74) is 6.52. The van der Waals surface area contributed by atoms with Gasteiger partial charge < -0.3 is 15.2 Å². The van der Waals surface area contributed by atoms with Crippen molar-refractivity contribution in [2.75, 3.05) is 6.54 Å². The monoisotopic (exact) mass is 222 g/mol. The van der Waals surface area contributed by atoms with Gasteiger partial charge in [0.2, 0.25) is 0 Å². The molecule has 2 N–H and O–H groups in total. The number of nitrogens with zero attached hydrogens (tertiary/aromatic N) is 3. The predicted molar refractivity (Wildman–Crippen MR) is 60.9 cm³/mol. The first-order chi connectivity index (χ1) is 7.59. The molecule has 0 aromatic carbocycles. The van der Waals surface area contributed by atoms with E-state index in [9.17, 15) is 4.79 Å². The van der Waals surface area contributed by atoms with E-state index in [2.05, 4.69) is 4.98 Å². The standard InChI is InChI=1S/C11H18N4O/c1-8-5-9(12)3-4-15(8)11(16)10-6-13-7-14(10)2/h6-9H,3-5,12H2,1-2H3. The van der Waals surface area contributed by atoms with Crippen molar-refractivity contribution in [3.8, 4) is 0 Å². The maximum Gasteiger partial charge on any atom is 0.272 e. The number of rotatable bonds is 1. The molecule has 1 fully saturated rings. The fourth-order valence-corrected chi connectivity index (χ4v) is 2.22. The Morgan fingerprint density at radius 1 is 1.62 bits per heavy atom. The minimum absolute atomic E-state index is 0.0550. The first-order valence-corrected chi connectivity index (χ1v) is 5.62. The van der Waals surface area contributed by atoms with Crippen LogP contribution in [0.4, 0.5) is 0 Å². The van der Waals surface area contributed by atoms with Crippen LogP contribution in [0.5, 0.6) is 0 Å². The predicted octanol–water partition coefficient (Wildman–Crippen LogP) is 0.372. The third-order valence-electron chi connectivity index (χ3n) is 3.21. The van der Waals surface area contributed by atoms with Gasteiger partial charge in [0.05, 0.1) is 12.5 Å². The number of aryl methyl sites for hydroxylation is 1. The van der Waals surface area contributed by atoms with Gasteiger partial charge in [-0.1, -0.05) is 0 Å². The van der Waals surface area contributed by atoms with Crippen molar-refractivity contribution in [1.82, 2.24) is 14.5 Å². The Kier molecular flexibility index (Phi) is 2.96. The molecule has 1 aliphatic rings. The Balaban J connectivity index is 2.14. The molecule has 2 heterocycles. The summed E-state index contributed by atoms with van der Waals surface area (Å²) in [6, 6.07) is 0.441. The lowest BCUT2D eigenvalue weighted by Crippen LogP contribution is -2.48. The summed E-state index contributed by atoms with van der Waals surface area (Å²) in [6.07, 6.45) is 5.02. The van der Waals surface area contributed by atoms with Gasteiger partial charge in [0, 0.05) is 25.7 Å². The molecule has 0 saturated carbocycles. The SMILES string of the molecule is CC1CC(N)CCN1C(=O)c1cncn1C. The number of likely N-dealkylation sites (tertiary alicyclic amines) is 1. The van der Waals surface area contributed by atoms with Crippen molar-refractivity contribution < 1.29 is 4.79 Å². The van der Waals surface area contributed by atoms with E-state index in [1.54, 1.807) is 17.1 Å². The van der Waals surface area contributed by atoms with Crippen molar-refractivity contribution in [3.05, 3.63) is 18.2 Å². The van der Waals surface area contributed by atoms with E-state index in [0.717, 1.165) is 19.4 Å². The summed E-state index contributed by atoms with van der Waals surface area (Å²) < 4.78 is 1.75. The molecule has 0 radical (unpaired) electrons. The smallest absolute Gasteiger partial charge is 0.272 e. The van der Waals surface area contributed by atoms with Gasteiger partial charge in [-0.3, -0.25) is 4.79 Å². The van der Waals surface area contributed by atoms with Crippen molar-refractivity contribution in [2.24, 2.45) is 12.8 Å². The first-order valence-electron chi connectivity index (χ1n) is 5.62. The number of imidazole rings is 1. The number of piperidine rings is 1. The van der Waals surface area contributed by atoms with E-state index < -0.39 is 0 Å². The molecule has 2 rings (SSSR count). The summed E-state index contributed by atoms with van der Waals surface area (Å²) in [6.45, 7) is 2.79. The maximum absolute atomic E-state index is 12.2. The molecule has 1 aromatic heterocycles. The zero-order chi connectivity index (χ0) is 11.7. The summed E-state index contributed by atoms with van der Waals surface area (Å²) in [5.74, 6) is 0.0550. The zero-order valence-electron chi connectivity index (χ0n) is 9.76. The summed E-state index contributed by atoms with van der Waals surface area (Å²) in [4.78, 5) is 18.1. The molecule has 5 nitrogen and oxygen atoms in total. The lowest BCUT2D eigenvalue weighted by Gasteiger charge is -2.36. The van der Waals surface area contributed by atoms with E-state index in [1.165, 1.54) is 0 Å². The molecule has 88 valence electrons. The normalized spacial score (nSPS) is 25.8. The highest BCUT2D eigenvalue weighted by molar-refractivity contribution is 5.92. The van der Waals surface area contributed by atoms with Crippen molar-refractivity contribution in [2.45, 2.75) is 31.8 Å². The highest BCUT2D eigenvalue weighted by Gasteiger charge is 2.28. The molecule has 1 aromatic rings. The molecular weight excluding hydrogens is 204 g/mol. The van der Waals surface area contributed by atoms with E-state index >= 15 is 0 Å². The van der Waals surface area contributed by atoms with Crippen LogP contribution in [-0.4, -0.2) is 39.0 Å². The van der Waals surface area contributed by atoms with Gasteiger partial charge in [0.15, 0.2) is 0 Å². The van der Waals surface area contributed by atoms with Crippen molar-refractivity contribution in [3.63, 3.8) is 0 Å². The Hall–Kier alpha value is -1.36. The lowest BCUT2D eigenvalue weighted by atomic mass is 9.99. The van der Waals surface area contributed by atoms with Crippen LogP contribution in [0, 0.1) is 0 Å². The Bertz CT molecular complexity index is 387. The van der Waals surface area contributed by atoms with Gasteiger partial charge in [-0.25, -0.2) is 4.98 Å². The third kappa shape index (κ3) is 1.95. The van der Waals surface area contributed by atoms with Gasteiger partial charge in [-0.2, -0.15) is 0 Å². The van der Waals surface area contributed by atoms with Crippen molar-refractivity contribution >= 4 is 5.91 Å². The van der Waals surface area contributed by atoms with Gasteiger partial charge >= 0.3 is 0 Å². The van der Waals surface area contributed by atoms with Crippen LogP contribution in [0.25, 0.3) is 0 Å². The molecule has 1 aliphatic heterocycles. The molecular formula is C11H18N4O. The molecule has 1 amide bonds. The topological polar surface area (TPSA) is 64.2 Å². The second-order valence-corrected chi connectivity index (χ2v) is 4.52. The fourth-order valence-electron chi connectivity index (χ4n) is 2.22. The highest BCUT2D eigenvalue weighted by Crippen LogP contribution is 2.18. The molecule has 2 atom stereocenters. The molecule has 1 saturated heterocycles. The van der Waals surface area contributed by atoms with Crippen molar-refractivity contribution in [1.29, 1.82) is 0 Å². The van der Waals surface area contributed by atoms with Crippen LogP contribution in [-0.2, 0) is 7.05 Å². The van der Waals surface area contributed by atoms with Crippen LogP contribution < -0.4 is 5.73 Å². The molecule has 2 unspecified atom stereocenters. The average Bonchev–Trinajstić information content (AvgIpc) is 2.63. The number of carbonyl (C=O) groups is 1. The van der Waals surface area contributed by atoms with E-state index in [-0.39, 0.29) is 18.0 Å². The molecule has 0 bridgehead atoms. The van der Waals surface area contributed by atoms with Gasteiger partial charge in [0.25, 0.3) is 5.91 Å². The Morgan fingerprint density at radius 2 is 2.38 bits per heavy atom. The highest BCUT2D eigenvalue weighted by atomic mass is 16.2. The number of hydrogen-bond donors (Lipinski definition) is 1. The van der Waals surface area contributed by atoms with Crippen LogP contribution in [0.15, 0.2) is 12.5 Å². The van der Waals surface area contributed by atoms with Crippen LogP contribution in [0.1, 0.15) is 30.3 Å². The molecule has 16 heavy (non-hydrogen) atoms. The van der Waals surface area contributed by atoms with Gasteiger partial charge in [-0.15, -0.1) is 0 Å². The van der Waals surface area contributed by atoms with Crippen LogP contribution in [0.2, 0.25) is 0 Å². The second-order valence-electron chi connectivity index (χ2n) is 4.52. The second kappa shape index (κ2) is 4.25. The Morgan fingerprint density at radius 3 is 2.94 bits per heavy atom. The van der Waals surface area contributed by atoms with Gasteiger partial charge in [0.1, 0.15) is 5.69 Å². The van der Waals surface area contributed by atoms with E-state index in [1.807, 2.05) is 18.9 Å². The number of amides is 1. The number of carbonyl (C=O) groups excluding carboxylic acids is 1. The Labute approximate surface area is 95.2 Å². The summed E-state index contributed by atoms with van der Waals surface area (Å²) in [5, 5.41) is 0. The third-order valence-corrected chi connectivity index (χ3v) is 3.21. The maximum atomic E-state index is 12.2. The quantitative estimate of drug-likeness (QED) is 0.746. The summed E-state index contributed by atoms with van der Waals surface area (Å²) >= 11 is 0. The fraction of sp³-hybridized carbons (Fsp3) is 0.636. The minimum Gasteiger partial charge on any atom is -0.335 e. The van der Waals surface area contributed by atoms with Crippen LogP contribution in [0.3, 0.4) is 0 Å². The zero-order valence-corrected chi connectivity index (χ0v) is 9.76. The number of hydrogen-bond acceptors (Lipinski definition) is 3. The molecule has 0 spiro atoms. The molecule has 5 heteroatoms. The lowest BCUT2D eigenvalue weighted by molar-refractivity contribution is 0.0609. The minimum atomic E-state index is 0.0550. The number of nitrogens with two attached hydrogens (primary N) is 1. The van der Waals surface area contributed by atoms with Crippen LogP contribution >= 0.6 is 0 Å². The first kappa shape index (κ1) is 11.1. The largest absolute Gasteiger partial charge is 0.335 e. The van der Waals surface area contributed by atoms with Gasteiger partial charge in [-0.05, 0) is 19.8 Å².